The summed E-state index contributed by atoms with van der Waals surface area (Å²) in [5, 5.41) is 19.8. The first-order valence-corrected chi connectivity index (χ1v) is 5.56. The molecule has 0 saturated carbocycles. The summed E-state index contributed by atoms with van der Waals surface area (Å²) in [4.78, 5) is 0. The molecule has 1 N–H and O–H groups in total. The van der Waals surface area contributed by atoms with E-state index in [9.17, 15) is 5.11 Å². The van der Waals surface area contributed by atoms with Gasteiger partial charge in [-0.1, -0.05) is 23.7 Å². The highest BCUT2D eigenvalue weighted by molar-refractivity contribution is 6.30. The van der Waals surface area contributed by atoms with E-state index in [-0.39, 0.29) is 11.3 Å². The van der Waals surface area contributed by atoms with Crippen molar-refractivity contribution in [3.05, 3.63) is 40.6 Å². The molecule has 0 saturated heterocycles. The van der Waals surface area contributed by atoms with E-state index in [1.54, 1.807) is 24.3 Å². The Labute approximate surface area is 111 Å². The zero-order valence-electron chi connectivity index (χ0n) is 10.4. The van der Waals surface area contributed by atoms with Crippen molar-refractivity contribution in [2.75, 3.05) is 14.2 Å². The molecule has 0 unspecified atom stereocenters. The lowest BCUT2D eigenvalue weighted by atomic mass is 10.0. The molecular formula is C13H14ClNO3. The first kappa shape index (κ1) is 14.5. The Bertz CT molecular complexity index is 484. The van der Waals surface area contributed by atoms with Crippen molar-refractivity contribution in [1.29, 1.82) is 5.26 Å². The van der Waals surface area contributed by atoms with Gasteiger partial charge < -0.3 is 14.6 Å². The zero-order chi connectivity index (χ0) is 13.8. The second kappa shape index (κ2) is 5.87. The van der Waals surface area contributed by atoms with Gasteiger partial charge in [0.25, 0.3) is 0 Å². The molecule has 18 heavy (non-hydrogen) atoms. The van der Waals surface area contributed by atoms with E-state index in [0.717, 1.165) is 0 Å². The molecule has 1 aromatic rings. The quantitative estimate of drug-likeness (QED) is 0.517. The van der Waals surface area contributed by atoms with Gasteiger partial charge in [-0.05, 0) is 24.6 Å². The van der Waals surface area contributed by atoms with Gasteiger partial charge in [0, 0.05) is 19.2 Å². The molecule has 0 radical (unpaired) electrons. The normalized spacial score (nSPS) is 12.8. The second-order valence-corrected chi connectivity index (χ2v) is 4.13. The molecule has 5 heteroatoms. The Morgan fingerprint density at radius 1 is 1.28 bits per heavy atom. The van der Waals surface area contributed by atoms with E-state index in [0.29, 0.717) is 10.6 Å². The minimum absolute atomic E-state index is 0.0814. The summed E-state index contributed by atoms with van der Waals surface area (Å²) in [7, 11) is 2.77. The minimum Gasteiger partial charge on any atom is -0.506 e. The van der Waals surface area contributed by atoms with Crippen molar-refractivity contribution >= 4 is 17.2 Å². The van der Waals surface area contributed by atoms with Crippen molar-refractivity contribution in [3.63, 3.8) is 0 Å². The van der Waals surface area contributed by atoms with Crippen LogP contribution in [-0.2, 0) is 9.47 Å². The van der Waals surface area contributed by atoms with Crippen LogP contribution in [0.5, 0.6) is 0 Å². The van der Waals surface area contributed by atoms with E-state index >= 15 is 0 Å². The van der Waals surface area contributed by atoms with Crippen LogP contribution < -0.4 is 0 Å². The molecular weight excluding hydrogens is 254 g/mol. The maximum atomic E-state index is 10.1. The number of methoxy groups -OCH3 is 2. The number of nitriles is 1. The van der Waals surface area contributed by atoms with Crippen LogP contribution in [-0.4, -0.2) is 25.1 Å². The van der Waals surface area contributed by atoms with Crippen LogP contribution in [0.15, 0.2) is 30.0 Å². The lowest BCUT2D eigenvalue weighted by Crippen LogP contribution is -2.32. The summed E-state index contributed by atoms with van der Waals surface area (Å²) in [6.07, 6.45) is 0. The van der Waals surface area contributed by atoms with Gasteiger partial charge in [-0.2, -0.15) is 5.26 Å². The minimum atomic E-state index is -1.36. The van der Waals surface area contributed by atoms with Gasteiger partial charge in [-0.15, -0.1) is 0 Å². The number of hydrogen-bond acceptors (Lipinski definition) is 4. The molecule has 96 valence electrons. The van der Waals surface area contributed by atoms with Crippen molar-refractivity contribution < 1.29 is 14.6 Å². The maximum Gasteiger partial charge on any atom is 0.225 e. The van der Waals surface area contributed by atoms with Gasteiger partial charge in [0.1, 0.15) is 11.6 Å². The predicted molar refractivity (Wildman–Crippen MR) is 69.0 cm³/mol. The monoisotopic (exact) mass is 267 g/mol. The predicted octanol–water partition coefficient (Wildman–Crippen LogP) is 3.14. The smallest absolute Gasteiger partial charge is 0.225 e. The summed E-state index contributed by atoms with van der Waals surface area (Å²) in [5.41, 5.74) is 0.623. The van der Waals surface area contributed by atoms with E-state index in [1.807, 2.05) is 6.07 Å². The standard InChI is InChI=1S/C13H14ClNO3/c1-13(17-2,18-3)12(16)11(8-15)9-4-6-10(14)7-5-9/h4-7,16H,1-3H3/b12-11+. The van der Waals surface area contributed by atoms with Crippen molar-refractivity contribution in [3.8, 4) is 6.07 Å². The van der Waals surface area contributed by atoms with Gasteiger partial charge in [0.15, 0.2) is 5.76 Å². The molecule has 0 aliphatic heterocycles. The molecule has 1 aromatic carbocycles. The SMILES string of the molecule is COC(C)(OC)/C(O)=C(/C#N)c1ccc(Cl)cc1. The Morgan fingerprint density at radius 3 is 2.17 bits per heavy atom. The van der Waals surface area contributed by atoms with Crippen LogP contribution in [0.3, 0.4) is 0 Å². The average Bonchev–Trinajstić information content (AvgIpc) is 2.40. The number of halogens is 1. The van der Waals surface area contributed by atoms with E-state index in [4.69, 9.17) is 26.3 Å². The van der Waals surface area contributed by atoms with Gasteiger partial charge in [0.2, 0.25) is 5.79 Å². The van der Waals surface area contributed by atoms with Crippen LogP contribution in [0.25, 0.3) is 5.57 Å². The fourth-order valence-corrected chi connectivity index (χ4v) is 1.50. The third-order valence-electron chi connectivity index (χ3n) is 2.69. The number of benzene rings is 1. The summed E-state index contributed by atoms with van der Waals surface area (Å²) >= 11 is 5.77. The molecule has 0 aliphatic carbocycles. The largest absolute Gasteiger partial charge is 0.506 e. The van der Waals surface area contributed by atoms with Crippen LogP contribution in [0.4, 0.5) is 0 Å². The first-order chi connectivity index (χ1) is 8.48. The van der Waals surface area contributed by atoms with E-state index < -0.39 is 5.79 Å². The van der Waals surface area contributed by atoms with Crippen molar-refractivity contribution in [2.45, 2.75) is 12.7 Å². The van der Waals surface area contributed by atoms with Crippen LogP contribution >= 0.6 is 11.6 Å². The molecule has 0 amide bonds. The van der Waals surface area contributed by atoms with E-state index in [1.165, 1.54) is 21.1 Å². The topological polar surface area (TPSA) is 62.5 Å². The Balaban J connectivity index is 3.32. The lowest BCUT2D eigenvalue weighted by molar-refractivity contribution is -0.183. The van der Waals surface area contributed by atoms with Gasteiger partial charge >= 0.3 is 0 Å². The molecule has 1 rings (SSSR count). The number of nitrogens with zero attached hydrogens (tertiary/aromatic N) is 1. The third-order valence-corrected chi connectivity index (χ3v) is 2.94. The second-order valence-electron chi connectivity index (χ2n) is 3.70. The molecule has 0 spiro atoms. The van der Waals surface area contributed by atoms with Crippen LogP contribution in [0.1, 0.15) is 12.5 Å². The molecule has 0 heterocycles. The third kappa shape index (κ3) is 2.82. The Hall–Kier alpha value is -1.54. The van der Waals surface area contributed by atoms with Gasteiger partial charge in [-0.3, -0.25) is 0 Å². The Morgan fingerprint density at radius 2 is 1.78 bits per heavy atom. The highest BCUT2D eigenvalue weighted by Gasteiger charge is 2.32. The number of aliphatic hydroxyl groups excluding tert-OH is 1. The summed E-state index contributed by atoms with van der Waals surface area (Å²) in [6.45, 7) is 1.52. The van der Waals surface area contributed by atoms with Crippen LogP contribution in [0.2, 0.25) is 5.02 Å². The number of rotatable bonds is 4. The van der Waals surface area contributed by atoms with Gasteiger partial charge in [0.05, 0.1) is 0 Å². The summed E-state index contributed by atoms with van der Waals surface area (Å²) in [5.74, 6) is -1.64. The molecule has 0 aliphatic rings. The summed E-state index contributed by atoms with van der Waals surface area (Å²) < 4.78 is 10.1. The van der Waals surface area contributed by atoms with Gasteiger partial charge in [-0.25, -0.2) is 0 Å². The number of hydrogen-bond donors (Lipinski definition) is 1. The molecule has 0 atom stereocenters. The molecule has 0 aromatic heterocycles. The molecule has 4 nitrogen and oxygen atoms in total. The molecule has 0 bridgehead atoms. The molecule has 0 fully saturated rings. The van der Waals surface area contributed by atoms with Crippen molar-refractivity contribution in [2.24, 2.45) is 0 Å². The Kier molecular flexibility index (Phi) is 4.74. The highest BCUT2D eigenvalue weighted by Crippen LogP contribution is 2.28. The van der Waals surface area contributed by atoms with Crippen molar-refractivity contribution in [1.82, 2.24) is 0 Å². The lowest BCUT2D eigenvalue weighted by Gasteiger charge is -2.26. The summed E-state index contributed by atoms with van der Waals surface area (Å²) in [6, 6.07) is 8.50. The fraction of sp³-hybridized carbons (Fsp3) is 0.308. The fourth-order valence-electron chi connectivity index (χ4n) is 1.37. The number of aliphatic hydroxyl groups is 1. The number of allylic oxidation sites excluding steroid dienone is 1. The number of ether oxygens (including phenoxy) is 2. The average molecular weight is 268 g/mol. The van der Waals surface area contributed by atoms with E-state index in [2.05, 4.69) is 0 Å². The maximum absolute atomic E-state index is 10.1. The van der Waals surface area contributed by atoms with Crippen LogP contribution in [0, 0.1) is 11.3 Å². The highest BCUT2D eigenvalue weighted by atomic mass is 35.5. The first-order valence-electron chi connectivity index (χ1n) is 5.18. The zero-order valence-corrected chi connectivity index (χ0v) is 11.2.